The fourth-order valence-electron chi connectivity index (χ4n) is 3.52. The Kier molecular flexibility index (Phi) is 6.48. The van der Waals surface area contributed by atoms with E-state index in [0.29, 0.717) is 36.1 Å². The van der Waals surface area contributed by atoms with E-state index in [0.717, 1.165) is 22.3 Å². The van der Waals surface area contributed by atoms with E-state index < -0.39 is 0 Å². The predicted octanol–water partition coefficient (Wildman–Crippen LogP) is 6.25. The molecular weight excluding hydrogens is 408 g/mol. The van der Waals surface area contributed by atoms with Crippen LogP contribution in [0.1, 0.15) is 17.9 Å². The first-order valence-corrected chi connectivity index (χ1v) is 10.6. The molecule has 4 nitrogen and oxygen atoms in total. The summed E-state index contributed by atoms with van der Waals surface area (Å²) in [7, 11) is 1.83. The van der Waals surface area contributed by atoms with Gasteiger partial charge in [0.05, 0.1) is 11.2 Å². The van der Waals surface area contributed by atoms with Crippen molar-refractivity contribution >= 4 is 17.5 Å². The molecule has 0 bridgehead atoms. The Balaban J connectivity index is 1.39. The molecule has 156 valence electrons. The first kappa shape index (κ1) is 20.9. The van der Waals surface area contributed by atoms with Crippen LogP contribution in [0, 0.1) is 0 Å². The summed E-state index contributed by atoms with van der Waals surface area (Å²) in [6, 6.07) is 25.9. The van der Waals surface area contributed by atoms with Gasteiger partial charge in [0.2, 0.25) is 5.91 Å². The smallest absolute Gasteiger partial charge is 0.223 e. The number of carbonyl (C=O) groups excluding carboxylic acids is 1. The Morgan fingerprint density at radius 3 is 2.39 bits per heavy atom. The number of amides is 1. The van der Waals surface area contributed by atoms with Crippen molar-refractivity contribution in [3.63, 3.8) is 0 Å². The van der Waals surface area contributed by atoms with Crippen LogP contribution in [-0.4, -0.2) is 22.8 Å². The number of hydrogen-bond donors (Lipinski definition) is 0. The lowest BCUT2D eigenvalue weighted by molar-refractivity contribution is -0.130. The maximum absolute atomic E-state index is 12.7. The molecule has 5 heteroatoms. The van der Waals surface area contributed by atoms with Crippen LogP contribution < -0.4 is 0 Å². The number of nitrogens with zero attached hydrogens (tertiary/aromatic N) is 2. The lowest BCUT2D eigenvalue weighted by atomic mass is 9.99. The van der Waals surface area contributed by atoms with E-state index in [9.17, 15) is 4.79 Å². The third-order valence-electron chi connectivity index (χ3n) is 5.18. The highest BCUT2D eigenvalue weighted by Gasteiger charge is 2.15. The van der Waals surface area contributed by atoms with Gasteiger partial charge in [0.1, 0.15) is 0 Å². The van der Waals surface area contributed by atoms with E-state index in [1.54, 1.807) is 11.1 Å². The number of carbonyl (C=O) groups is 1. The van der Waals surface area contributed by atoms with Crippen LogP contribution in [0.4, 0.5) is 0 Å². The maximum Gasteiger partial charge on any atom is 0.223 e. The lowest BCUT2D eigenvalue weighted by Crippen LogP contribution is -2.26. The number of hydrogen-bond acceptors (Lipinski definition) is 3. The summed E-state index contributed by atoms with van der Waals surface area (Å²) in [5, 5.41) is 0.609. The van der Waals surface area contributed by atoms with Crippen LogP contribution in [0.2, 0.25) is 5.02 Å². The van der Waals surface area contributed by atoms with Gasteiger partial charge in [-0.25, -0.2) is 4.98 Å². The minimum atomic E-state index is 0.0420. The van der Waals surface area contributed by atoms with E-state index in [-0.39, 0.29) is 5.91 Å². The van der Waals surface area contributed by atoms with Crippen molar-refractivity contribution in [3.05, 3.63) is 102 Å². The highest BCUT2D eigenvalue weighted by atomic mass is 35.5. The monoisotopic (exact) mass is 430 g/mol. The molecule has 0 aliphatic carbocycles. The van der Waals surface area contributed by atoms with Gasteiger partial charge in [-0.2, -0.15) is 0 Å². The van der Waals surface area contributed by atoms with Crippen molar-refractivity contribution < 1.29 is 9.21 Å². The Morgan fingerprint density at radius 2 is 1.61 bits per heavy atom. The third kappa shape index (κ3) is 5.04. The molecule has 0 saturated heterocycles. The van der Waals surface area contributed by atoms with E-state index in [1.165, 1.54) is 0 Å². The molecule has 1 amide bonds. The SMILES string of the molecule is CN(Cc1ccccc1-c1ccccc1)C(=O)CCc1ncc(-c2ccccc2Cl)o1. The zero-order chi connectivity index (χ0) is 21.6. The van der Waals surface area contributed by atoms with E-state index in [1.807, 2.05) is 61.6 Å². The summed E-state index contributed by atoms with van der Waals surface area (Å²) in [5.74, 6) is 1.18. The number of oxazole rings is 1. The Labute approximate surface area is 187 Å². The quantitative estimate of drug-likeness (QED) is 0.348. The molecule has 0 aliphatic rings. The van der Waals surface area contributed by atoms with Crippen molar-refractivity contribution in [2.45, 2.75) is 19.4 Å². The summed E-state index contributed by atoms with van der Waals surface area (Å²) in [6.45, 7) is 0.542. The summed E-state index contributed by atoms with van der Waals surface area (Å²) in [5.41, 5.74) is 4.19. The molecule has 0 atom stereocenters. The topological polar surface area (TPSA) is 46.3 Å². The molecule has 0 N–H and O–H groups in total. The lowest BCUT2D eigenvalue weighted by Gasteiger charge is -2.19. The molecule has 31 heavy (non-hydrogen) atoms. The minimum Gasteiger partial charge on any atom is -0.441 e. The molecule has 0 fully saturated rings. The molecular formula is C26H23ClN2O2. The Morgan fingerprint density at radius 1 is 0.935 bits per heavy atom. The molecule has 3 aromatic carbocycles. The average molecular weight is 431 g/mol. The van der Waals surface area contributed by atoms with Gasteiger partial charge < -0.3 is 9.32 Å². The summed E-state index contributed by atoms with van der Waals surface area (Å²) < 4.78 is 5.81. The van der Waals surface area contributed by atoms with Gasteiger partial charge in [-0.1, -0.05) is 78.3 Å². The Bertz CT molecular complexity index is 1170. The van der Waals surface area contributed by atoms with Gasteiger partial charge in [-0.3, -0.25) is 4.79 Å². The number of halogens is 1. The standard InChI is InChI=1S/C26H23ClN2O2/c1-29(18-20-11-5-6-12-21(20)19-9-3-2-4-10-19)26(30)16-15-25-28-17-24(31-25)22-13-7-8-14-23(22)27/h2-14,17H,15-16,18H2,1H3. The number of rotatable bonds is 7. The average Bonchev–Trinajstić information content (AvgIpc) is 3.27. The predicted molar refractivity (Wildman–Crippen MR) is 124 cm³/mol. The fourth-order valence-corrected chi connectivity index (χ4v) is 3.75. The summed E-state index contributed by atoms with van der Waals surface area (Å²) in [4.78, 5) is 18.8. The normalized spacial score (nSPS) is 10.8. The van der Waals surface area contributed by atoms with Gasteiger partial charge in [0, 0.05) is 32.0 Å². The molecule has 1 heterocycles. The van der Waals surface area contributed by atoms with Crippen LogP contribution >= 0.6 is 11.6 Å². The molecule has 4 rings (SSSR count). The number of aromatic nitrogens is 1. The second-order valence-electron chi connectivity index (χ2n) is 7.37. The van der Waals surface area contributed by atoms with Crippen molar-refractivity contribution in [2.24, 2.45) is 0 Å². The number of aryl methyl sites for hydroxylation is 1. The van der Waals surface area contributed by atoms with E-state index in [2.05, 4.69) is 29.2 Å². The molecule has 1 aromatic heterocycles. The van der Waals surface area contributed by atoms with Crippen molar-refractivity contribution in [1.29, 1.82) is 0 Å². The van der Waals surface area contributed by atoms with Crippen molar-refractivity contribution in [2.75, 3.05) is 7.05 Å². The first-order chi connectivity index (χ1) is 15.1. The van der Waals surface area contributed by atoms with E-state index in [4.69, 9.17) is 16.0 Å². The van der Waals surface area contributed by atoms with E-state index >= 15 is 0 Å². The van der Waals surface area contributed by atoms with Crippen LogP contribution in [0.3, 0.4) is 0 Å². The van der Waals surface area contributed by atoms with Gasteiger partial charge in [-0.05, 0) is 28.8 Å². The zero-order valence-corrected chi connectivity index (χ0v) is 18.0. The molecule has 0 spiro atoms. The van der Waals surface area contributed by atoms with Gasteiger partial charge in [0.25, 0.3) is 0 Å². The van der Waals surface area contributed by atoms with Crippen LogP contribution in [0.25, 0.3) is 22.5 Å². The number of benzene rings is 3. The largest absolute Gasteiger partial charge is 0.441 e. The highest BCUT2D eigenvalue weighted by molar-refractivity contribution is 6.33. The van der Waals surface area contributed by atoms with Gasteiger partial charge >= 0.3 is 0 Å². The second kappa shape index (κ2) is 9.63. The van der Waals surface area contributed by atoms with Gasteiger partial charge in [0.15, 0.2) is 11.7 Å². The van der Waals surface area contributed by atoms with Crippen LogP contribution in [0.15, 0.2) is 89.5 Å². The van der Waals surface area contributed by atoms with Crippen molar-refractivity contribution in [3.8, 4) is 22.5 Å². The molecule has 0 saturated carbocycles. The van der Waals surface area contributed by atoms with Gasteiger partial charge in [-0.15, -0.1) is 0 Å². The second-order valence-corrected chi connectivity index (χ2v) is 7.78. The summed E-state index contributed by atoms with van der Waals surface area (Å²) >= 11 is 6.22. The van der Waals surface area contributed by atoms with Crippen LogP contribution in [0.5, 0.6) is 0 Å². The molecule has 0 aliphatic heterocycles. The zero-order valence-electron chi connectivity index (χ0n) is 17.3. The minimum absolute atomic E-state index is 0.0420. The molecule has 0 unspecified atom stereocenters. The molecule has 0 radical (unpaired) electrons. The van der Waals surface area contributed by atoms with Crippen LogP contribution in [-0.2, 0) is 17.8 Å². The Hall–Kier alpha value is -3.37. The first-order valence-electron chi connectivity index (χ1n) is 10.2. The van der Waals surface area contributed by atoms with Crippen molar-refractivity contribution in [1.82, 2.24) is 9.88 Å². The fraction of sp³-hybridized carbons (Fsp3) is 0.154. The summed E-state index contributed by atoms with van der Waals surface area (Å²) in [6.07, 6.45) is 2.42. The third-order valence-corrected chi connectivity index (χ3v) is 5.51. The highest BCUT2D eigenvalue weighted by Crippen LogP contribution is 2.28. The molecule has 4 aromatic rings. The maximum atomic E-state index is 12.7.